The molecule has 1 aromatic carbocycles. The Labute approximate surface area is 127 Å². The number of likely N-dealkylation sites (tertiary alicyclic amines) is 1. The Balaban J connectivity index is 1.96. The fourth-order valence-electron chi connectivity index (χ4n) is 2.27. The quantitative estimate of drug-likeness (QED) is 0.792. The van der Waals surface area contributed by atoms with E-state index in [1.54, 1.807) is 24.3 Å². The molecule has 0 bridgehead atoms. The second-order valence-electron chi connectivity index (χ2n) is 4.88. The highest BCUT2D eigenvalue weighted by Crippen LogP contribution is 2.23. The lowest BCUT2D eigenvalue weighted by atomic mass is 10.2. The van der Waals surface area contributed by atoms with Gasteiger partial charge in [-0.25, -0.2) is 17.6 Å². The molecular formula is C13H15ClFNO4S. The summed E-state index contributed by atoms with van der Waals surface area (Å²) in [6.45, 7) is -0.127. The number of hydrogen-bond acceptors (Lipinski definition) is 4. The van der Waals surface area contributed by atoms with E-state index >= 15 is 0 Å². The highest BCUT2D eigenvalue weighted by Gasteiger charge is 2.38. The van der Waals surface area contributed by atoms with E-state index in [4.69, 9.17) is 15.4 Å². The number of rotatable bonds is 4. The third-order valence-electron chi connectivity index (χ3n) is 3.19. The van der Waals surface area contributed by atoms with Gasteiger partial charge >= 0.3 is 6.09 Å². The zero-order valence-electron chi connectivity index (χ0n) is 11.1. The largest absolute Gasteiger partial charge is 0.445 e. The van der Waals surface area contributed by atoms with Crippen molar-refractivity contribution >= 4 is 25.8 Å². The Morgan fingerprint density at radius 1 is 1.38 bits per heavy atom. The van der Waals surface area contributed by atoms with Gasteiger partial charge in [-0.3, -0.25) is 0 Å². The van der Waals surface area contributed by atoms with Crippen molar-refractivity contribution in [1.82, 2.24) is 4.90 Å². The van der Waals surface area contributed by atoms with Gasteiger partial charge in [0.1, 0.15) is 12.8 Å². The van der Waals surface area contributed by atoms with E-state index in [0.717, 1.165) is 10.5 Å². The number of carbonyl (C=O) groups excluding carboxylic acids is 1. The van der Waals surface area contributed by atoms with Gasteiger partial charge in [-0.05, 0) is 5.56 Å². The molecule has 1 aliphatic rings. The zero-order chi connectivity index (χ0) is 15.5. The van der Waals surface area contributed by atoms with Gasteiger partial charge in [0, 0.05) is 17.1 Å². The molecule has 0 N–H and O–H groups in total. The maximum Gasteiger partial charge on any atom is 0.410 e. The lowest BCUT2D eigenvalue weighted by molar-refractivity contribution is 0.0932. The van der Waals surface area contributed by atoms with Crippen molar-refractivity contribution in [3.63, 3.8) is 0 Å². The van der Waals surface area contributed by atoms with Crippen LogP contribution in [0.3, 0.4) is 0 Å². The number of hydrogen-bond donors (Lipinski definition) is 0. The van der Waals surface area contributed by atoms with Gasteiger partial charge in [-0.15, -0.1) is 0 Å². The average Bonchev–Trinajstić information content (AvgIpc) is 2.76. The Hall–Kier alpha value is -1.34. The topological polar surface area (TPSA) is 63.7 Å². The van der Waals surface area contributed by atoms with E-state index in [1.807, 2.05) is 6.07 Å². The molecule has 5 nitrogen and oxygen atoms in total. The van der Waals surface area contributed by atoms with Crippen molar-refractivity contribution < 1.29 is 22.3 Å². The molecule has 21 heavy (non-hydrogen) atoms. The molecule has 1 heterocycles. The molecule has 1 aromatic rings. The molecule has 116 valence electrons. The minimum atomic E-state index is -3.81. The molecule has 8 heteroatoms. The second kappa shape index (κ2) is 6.62. The van der Waals surface area contributed by atoms with Crippen molar-refractivity contribution in [1.29, 1.82) is 0 Å². The first-order chi connectivity index (χ1) is 9.85. The van der Waals surface area contributed by atoms with E-state index < -0.39 is 33.1 Å². The average molecular weight is 336 g/mol. The van der Waals surface area contributed by atoms with E-state index in [-0.39, 0.29) is 19.6 Å². The molecule has 0 aromatic heterocycles. The first kappa shape index (κ1) is 16.0. The number of carbonyl (C=O) groups is 1. The van der Waals surface area contributed by atoms with Gasteiger partial charge in [-0.1, -0.05) is 30.3 Å². The van der Waals surface area contributed by atoms with Gasteiger partial charge in [0.2, 0.25) is 9.05 Å². The summed E-state index contributed by atoms with van der Waals surface area (Å²) in [5.41, 5.74) is 0.795. The van der Waals surface area contributed by atoms with Crippen LogP contribution in [-0.4, -0.2) is 43.9 Å². The molecule has 2 rings (SSSR count). The lowest BCUT2D eigenvalue weighted by Crippen LogP contribution is -2.39. The van der Waals surface area contributed by atoms with Crippen LogP contribution in [0.1, 0.15) is 12.0 Å². The minimum Gasteiger partial charge on any atom is -0.445 e. The SMILES string of the molecule is O=C(OCc1ccccc1)N1C[C@@H](F)C[C@H]1CS(=O)(=O)Cl. The molecule has 1 amide bonds. The van der Waals surface area contributed by atoms with E-state index in [9.17, 15) is 17.6 Å². The van der Waals surface area contributed by atoms with Crippen LogP contribution >= 0.6 is 10.7 Å². The summed E-state index contributed by atoms with van der Waals surface area (Å²) in [6, 6.07) is 8.23. The molecule has 2 atom stereocenters. The molecule has 0 saturated carbocycles. The van der Waals surface area contributed by atoms with Crippen LogP contribution in [0.4, 0.5) is 9.18 Å². The lowest BCUT2D eigenvalue weighted by Gasteiger charge is -2.22. The summed E-state index contributed by atoms with van der Waals surface area (Å²) in [5.74, 6) is -0.477. The first-order valence-corrected chi connectivity index (χ1v) is 8.87. The van der Waals surface area contributed by atoms with Crippen LogP contribution in [0.15, 0.2) is 30.3 Å². The van der Waals surface area contributed by atoms with Crippen LogP contribution in [0, 0.1) is 0 Å². The van der Waals surface area contributed by atoms with Crippen LogP contribution in [0.2, 0.25) is 0 Å². The van der Waals surface area contributed by atoms with Crippen molar-refractivity contribution in [3.05, 3.63) is 35.9 Å². The van der Waals surface area contributed by atoms with Gasteiger partial charge in [0.05, 0.1) is 18.3 Å². The van der Waals surface area contributed by atoms with Crippen molar-refractivity contribution in [3.8, 4) is 0 Å². The Morgan fingerprint density at radius 2 is 2.05 bits per heavy atom. The fourth-order valence-corrected chi connectivity index (χ4v) is 3.49. The third kappa shape index (κ3) is 4.86. The monoisotopic (exact) mass is 335 g/mol. The normalized spacial score (nSPS) is 22.3. The van der Waals surface area contributed by atoms with Gasteiger partial charge in [0.15, 0.2) is 0 Å². The number of alkyl halides is 1. The zero-order valence-corrected chi connectivity index (χ0v) is 12.7. The van der Waals surface area contributed by atoms with E-state index in [1.165, 1.54) is 0 Å². The summed E-state index contributed by atoms with van der Waals surface area (Å²) in [4.78, 5) is 13.1. The first-order valence-electron chi connectivity index (χ1n) is 6.39. The summed E-state index contributed by atoms with van der Waals surface area (Å²) in [6.07, 6.45) is -2.05. The Kier molecular flexibility index (Phi) is 5.05. The standard InChI is InChI=1S/C13H15ClFNO4S/c14-21(18,19)9-12-6-11(15)7-16(12)13(17)20-8-10-4-2-1-3-5-10/h1-5,11-12H,6-9H2/t11-,12-/m0/s1. The molecule has 1 saturated heterocycles. The molecule has 0 unspecified atom stereocenters. The maximum atomic E-state index is 13.4. The molecule has 0 radical (unpaired) electrons. The van der Waals surface area contributed by atoms with Crippen molar-refractivity contribution in [2.24, 2.45) is 0 Å². The van der Waals surface area contributed by atoms with Crippen LogP contribution in [-0.2, 0) is 20.4 Å². The molecule has 1 fully saturated rings. The smallest absolute Gasteiger partial charge is 0.410 e. The predicted octanol–water partition coefficient (Wildman–Crippen LogP) is 2.30. The molecule has 0 spiro atoms. The van der Waals surface area contributed by atoms with Crippen LogP contribution in [0.25, 0.3) is 0 Å². The molecular weight excluding hydrogens is 321 g/mol. The summed E-state index contributed by atoms with van der Waals surface area (Å²) >= 11 is 0. The Morgan fingerprint density at radius 3 is 2.67 bits per heavy atom. The van der Waals surface area contributed by atoms with Crippen LogP contribution in [0.5, 0.6) is 0 Å². The second-order valence-corrected chi connectivity index (χ2v) is 7.71. The Bertz CT molecular complexity index is 595. The van der Waals surface area contributed by atoms with E-state index in [0.29, 0.717) is 0 Å². The summed E-state index contributed by atoms with van der Waals surface area (Å²) in [7, 11) is 1.37. The number of nitrogens with zero attached hydrogens (tertiary/aromatic N) is 1. The molecule has 1 aliphatic heterocycles. The minimum absolute atomic E-state index is 0.0491. The third-order valence-corrected chi connectivity index (χ3v) is 4.36. The number of benzene rings is 1. The number of amides is 1. The van der Waals surface area contributed by atoms with Gasteiger partial charge in [-0.2, -0.15) is 0 Å². The number of ether oxygens (including phenoxy) is 1. The predicted molar refractivity (Wildman–Crippen MR) is 76.3 cm³/mol. The summed E-state index contributed by atoms with van der Waals surface area (Å²) in [5, 5.41) is 0. The van der Waals surface area contributed by atoms with Gasteiger partial charge < -0.3 is 9.64 Å². The highest BCUT2D eigenvalue weighted by molar-refractivity contribution is 8.13. The van der Waals surface area contributed by atoms with E-state index in [2.05, 4.69) is 0 Å². The molecule has 0 aliphatic carbocycles. The highest BCUT2D eigenvalue weighted by atomic mass is 35.7. The van der Waals surface area contributed by atoms with Crippen molar-refractivity contribution in [2.45, 2.75) is 25.2 Å². The fraction of sp³-hybridized carbons (Fsp3) is 0.462. The summed E-state index contributed by atoms with van der Waals surface area (Å²) < 4.78 is 40.7. The number of halogens is 2. The van der Waals surface area contributed by atoms with Crippen LogP contribution < -0.4 is 0 Å². The van der Waals surface area contributed by atoms with Gasteiger partial charge in [0.25, 0.3) is 0 Å². The van der Waals surface area contributed by atoms with Crippen molar-refractivity contribution in [2.75, 3.05) is 12.3 Å². The maximum absolute atomic E-state index is 13.4.